The fraction of sp³-hybridized carbons (Fsp3) is 0.250. The van der Waals surface area contributed by atoms with Crippen LogP contribution >= 0.6 is 11.6 Å². The molecule has 0 bridgehead atoms. The topological polar surface area (TPSA) is 12.0 Å². The molecule has 0 aliphatic heterocycles. The van der Waals surface area contributed by atoms with E-state index in [1.165, 1.54) is 6.07 Å². The van der Waals surface area contributed by atoms with Gasteiger partial charge in [-0.2, -0.15) is 0 Å². The molecule has 3 heteroatoms. The molecule has 98 valence electrons. The molecule has 1 N–H and O–H groups in total. The molecule has 0 amide bonds. The van der Waals surface area contributed by atoms with Crippen LogP contribution in [0.25, 0.3) is 0 Å². The van der Waals surface area contributed by atoms with Crippen molar-refractivity contribution in [1.82, 2.24) is 0 Å². The second-order valence-corrected chi connectivity index (χ2v) is 5.51. The van der Waals surface area contributed by atoms with E-state index in [-0.39, 0.29) is 5.82 Å². The zero-order valence-electron chi connectivity index (χ0n) is 10.4. The Bertz CT molecular complexity index is 561. The lowest BCUT2D eigenvalue weighted by molar-refractivity contribution is 0.373. The first kappa shape index (κ1) is 12.5. The summed E-state index contributed by atoms with van der Waals surface area (Å²) in [6.07, 6.45) is 2.10. The number of anilines is 1. The van der Waals surface area contributed by atoms with Gasteiger partial charge in [0.15, 0.2) is 0 Å². The second kappa shape index (κ2) is 5.22. The van der Waals surface area contributed by atoms with Crippen LogP contribution < -0.4 is 5.32 Å². The average molecular weight is 276 g/mol. The van der Waals surface area contributed by atoms with Crippen LogP contribution in [0, 0.1) is 5.82 Å². The summed E-state index contributed by atoms with van der Waals surface area (Å²) in [4.78, 5) is 0. The van der Waals surface area contributed by atoms with Gasteiger partial charge >= 0.3 is 0 Å². The summed E-state index contributed by atoms with van der Waals surface area (Å²) >= 11 is 5.85. The van der Waals surface area contributed by atoms with E-state index in [9.17, 15) is 4.39 Å². The lowest BCUT2D eigenvalue weighted by atomic mass is 9.76. The lowest BCUT2D eigenvalue weighted by Gasteiger charge is -2.37. The Morgan fingerprint density at radius 1 is 1.05 bits per heavy atom. The van der Waals surface area contributed by atoms with Crippen molar-refractivity contribution in [3.05, 3.63) is 64.9 Å². The molecular formula is C16H15ClFN. The minimum absolute atomic E-state index is 0.147. The van der Waals surface area contributed by atoms with Gasteiger partial charge in [-0.05, 0) is 60.7 Å². The van der Waals surface area contributed by atoms with Gasteiger partial charge < -0.3 is 5.32 Å². The van der Waals surface area contributed by atoms with Crippen molar-refractivity contribution in [2.24, 2.45) is 0 Å². The molecule has 1 aliphatic carbocycles. The fourth-order valence-corrected chi connectivity index (χ4v) is 2.68. The van der Waals surface area contributed by atoms with Crippen LogP contribution in [-0.4, -0.2) is 6.04 Å². The average Bonchev–Trinajstić information content (AvgIpc) is 2.35. The number of halogens is 2. The summed E-state index contributed by atoms with van der Waals surface area (Å²) < 4.78 is 13.1. The molecule has 0 saturated heterocycles. The first-order valence-corrected chi connectivity index (χ1v) is 6.86. The SMILES string of the molecule is Fc1cccc(C2CC(Nc3ccc(Cl)cc3)C2)c1. The fourth-order valence-electron chi connectivity index (χ4n) is 2.55. The third kappa shape index (κ3) is 2.90. The van der Waals surface area contributed by atoms with E-state index < -0.39 is 0 Å². The van der Waals surface area contributed by atoms with Crippen molar-refractivity contribution in [1.29, 1.82) is 0 Å². The maximum atomic E-state index is 13.1. The molecule has 0 radical (unpaired) electrons. The highest BCUT2D eigenvalue weighted by molar-refractivity contribution is 6.30. The molecule has 0 aromatic heterocycles. The third-order valence-corrected chi connectivity index (χ3v) is 3.93. The molecule has 3 rings (SSSR count). The minimum atomic E-state index is -0.147. The maximum Gasteiger partial charge on any atom is 0.123 e. The Balaban J connectivity index is 1.57. The number of nitrogens with one attached hydrogen (secondary N) is 1. The van der Waals surface area contributed by atoms with E-state index in [1.807, 2.05) is 30.3 Å². The normalized spacial score (nSPS) is 21.8. The van der Waals surface area contributed by atoms with Gasteiger partial charge in [0.25, 0.3) is 0 Å². The van der Waals surface area contributed by atoms with E-state index in [1.54, 1.807) is 12.1 Å². The predicted octanol–water partition coefficient (Wildman–Crippen LogP) is 4.84. The molecule has 1 saturated carbocycles. The zero-order chi connectivity index (χ0) is 13.2. The minimum Gasteiger partial charge on any atom is -0.382 e. The number of hydrogen-bond donors (Lipinski definition) is 1. The van der Waals surface area contributed by atoms with E-state index in [2.05, 4.69) is 5.32 Å². The van der Waals surface area contributed by atoms with Gasteiger partial charge in [0.1, 0.15) is 5.82 Å². The van der Waals surface area contributed by atoms with Gasteiger partial charge in [0.2, 0.25) is 0 Å². The van der Waals surface area contributed by atoms with E-state index in [4.69, 9.17) is 11.6 Å². The van der Waals surface area contributed by atoms with Crippen LogP contribution in [0.4, 0.5) is 10.1 Å². The molecule has 2 aromatic rings. The van der Waals surface area contributed by atoms with Crippen LogP contribution in [0.2, 0.25) is 5.02 Å². The molecule has 0 atom stereocenters. The molecule has 1 aliphatic rings. The molecule has 0 spiro atoms. The van der Waals surface area contributed by atoms with Gasteiger partial charge in [0, 0.05) is 16.8 Å². The summed E-state index contributed by atoms with van der Waals surface area (Å²) in [5.74, 6) is 0.326. The maximum absolute atomic E-state index is 13.1. The first-order valence-electron chi connectivity index (χ1n) is 6.48. The van der Waals surface area contributed by atoms with Crippen LogP contribution in [0.15, 0.2) is 48.5 Å². The molecule has 0 unspecified atom stereocenters. The van der Waals surface area contributed by atoms with E-state index >= 15 is 0 Å². The largest absolute Gasteiger partial charge is 0.382 e. The standard InChI is InChI=1S/C16H15ClFN/c17-13-4-6-15(7-5-13)19-16-9-12(10-16)11-2-1-3-14(18)8-11/h1-8,12,16,19H,9-10H2. The summed E-state index contributed by atoms with van der Waals surface area (Å²) in [5, 5.41) is 4.21. The third-order valence-electron chi connectivity index (χ3n) is 3.67. The number of hydrogen-bond acceptors (Lipinski definition) is 1. The molecule has 2 aromatic carbocycles. The Kier molecular flexibility index (Phi) is 3.43. The van der Waals surface area contributed by atoms with Crippen LogP contribution in [0.3, 0.4) is 0 Å². The van der Waals surface area contributed by atoms with Crippen molar-refractivity contribution in [2.75, 3.05) is 5.32 Å². The van der Waals surface area contributed by atoms with Crippen molar-refractivity contribution < 1.29 is 4.39 Å². The highest BCUT2D eigenvalue weighted by Gasteiger charge is 2.30. The van der Waals surface area contributed by atoms with Crippen molar-refractivity contribution in [2.45, 2.75) is 24.8 Å². The number of rotatable bonds is 3. The predicted molar refractivity (Wildman–Crippen MR) is 77.2 cm³/mol. The van der Waals surface area contributed by atoms with Gasteiger partial charge in [0.05, 0.1) is 0 Å². The Morgan fingerprint density at radius 3 is 2.47 bits per heavy atom. The highest BCUT2D eigenvalue weighted by Crippen LogP contribution is 2.38. The number of benzene rings is 2. The summed E-state index contributed by atoms with van der Waals surface area (Å²) in [5.41, 5.74) is 2.20. The van der Waals surface area contributed by atoms with E-state index in [0.717, 1.165) is 29.1 Å². The van der Waals surface area contributed by atoms with Gasteiger partial charge in [-0.3, -0.25) is 0 Å². The lowest BCUT2D eigenvalue weighted by Crippen LogP contribution is -2.33. The molecule has 1 nitrogen and oxygen atoms in total. The summed E-state index contributed by atoms with van der Waals surface area (Å²) in [6, 6.07) is 15.1. The smallest absolute Gasteiger partial charge is 0.123 e. The second-order valence-electron chi connectivity index (χ2n) is 5.07. The van der Waals surface area contributed by atoms with Crippen molar-refractivity contribution in [3.8, 4) is 0 Å². The molecule has 19 heavy (non-hydrogen) atoms. The van der Waals surface area contributed by atoms with Gasteiger partial charge in [-0.15, -0.1) is 0 Å². The van der Waals surface area contributed by atoms with Gasteiger partial charge in [-0.25, -0.2) is 4.39 Å². The Hall–Kier alpha value is -1.54. The van der Waals surface area contributed by atoms with Crippen molar-refractivity contribution in [3.63, 3.8) is 0 Å². The monoisotopic (exact) mass is 275 g/mol. The Labute approximate surface area is 117 Å². The quantitative estimate of drug-likeness (QED) is 0.845. The molecular weight excluding hydrogens is 261 g/mol. The molecule has 0 heterocycles. The summed E-state index contributed by atoms with van der Waals surface area (Å²) in [7, 11) is 0. The molecule has 1 fully saturated rings. The zero-order valence-corrected chi connectivity index (χ0v) is 11.2. The van der Waals surface area contributed by atoms with Crippen molar-refractivity contribution >= 4 is 17.3 Å². The first-order chi connectivity index (χ1) is 9.20. The van der Waals surface area contributed by atoms with E-state index in [0.29, 0.717) is 12.0 Å². The highest BCUT2D eigenvalue weighted by atomic mass is 35.5. The van der Waals surface area contributed by atoms with Crippen LogP contribution in [0.1, 0.15) is 24.3 Å². The van der Waals surface area contributed by atoms with Crippen LogP contribution in [0.5, 0.6) is 0 Å². The Morgan fingerprint density at radius 2 is 1.79 bits per heavy atom. The van der Waals surface area contributed by atoms with Gasteiger partial charge in [-0.1, -0.05) is 23.7 Å². The summed E-state index contributed by atoms with van der Waals surface area (Å²) in [6.45, 7) is 0. The van der Waals surface area contributed by atoms with Crippen LogP contribution in [-0.2, 0) is 0 Å².